The van der Waals surface area contributed by atoms with Gasteiger partial charge in [0.15, 0.2) is 0 Å². The van der Waals surface area contributed by atoms with Gasteiger partial charge in [0, 0.05) is 16.2 Å². The van der Waals surface area contributed by atoms with Crippen molar-refractivity contribution in [3.63, 3.8) is 0 Å². The van der Waals surface area contributed by atoms with Gasteiger partial charge in [0.25, 0.3) is 0 Å². The molecule has 5 heteroatoms. The highest BCUT2D eigenvalue weighted by Crippen LogP contribution is 2.22. The molecule has 0 bridgehead atoms. The second-order valence-corrected chi connectivity index (χ2v) is 4.46. The minimum absolute atomic E-state index is 0.0971. The van der Waals surface area contributed by atoms with Gasteiger partial charge in [-0.15, -0.1) is 0 Å². The number of hydrogen-bond donors (Lipinski definition) is 1. The molecule has 1 heterocycles. The Kier molecular flexibility index (Phi) is 3.49. The number of pyridine rings is 1. The van der Waals surface area contributed by atoms with E-state index in [-0.39, 0.29) is 5.56 Å². The van der Waals surface area contributed by atoms with E-state index in [1.807, 2.05) is 0 Å². The second kappa shape index (κ2) is 4.89. The third kappa shape index (κ3) is 2.68. The van der Waals surface area contributed by atoms with Crippen LogP contribution in [0.3, 0.4) is 0 Å². The van der Waals surface area contributed by atoms with Crippen LogP contribution in [0.2, 0.25) is 0 Å². The molecule has 0 amide bonds. The van der Waals surface area contributed by atoms with Gasteiger partial charge < -0.3 is 5.73 Å². The van der Waals surface area contributed by atoms with Crippen LogP contribution in [0.5, 0.6) is 0 Å². The first-order valence-electron chi connectivity index (χ1n) is 4.90. The molecule has 1 aromatic carbocycles. The van der Waals surface area contributed by atoms with Crippen LogP contribution in [0.1, 0.15) is 17.3 Å². The summed E-state index contributed by atoms with van der Waals surface area (Å²) in [6, 6.07) is 5.84. The molecule has 1 atom stereocenters. The Morgan fingerprint density at radius 3 is 2.59 bits per heavy atom. The second-order valence-electron chi connectivity index (χ2n) is 3.54. The Morgan fingerprint density at radius 1 is 1.18 bits per heavy atom. The molecule has 1 aromatic heterocycles. The highest BCUT2D eigenvalue weighted by molar-refractivity contribution is 9.10. The van der Waals surface area contributed by atoms with E-state index in [4.69, 9.17) is 5.73 Å². The van der Waals surface area contributed by atoms with E-state index in [1.165, 1.54) is 0 Å². The van der Waals surface area contributed by atoms with Gasteiger partial charge in [-0.3, -0.25) is 4.98 Å². The molecule has 2 rings (SSSR count). The van der Waals surface area contributed by atoms with E-state index in [0.717, 1.165) is 22.7 Å². The first-order valence-corrected chi connectivity index (χ1v) is 5.69. The predicted molar refractivity (Wildman–Crippen MR) is 64.3 cm³/mol. The van der Waals surface area contributed by atoms with Crippen LogP contribution >= 0.6 is 15.9 Å². The predicted octanol–water partition coefficient (Wildman–Crippen LogP) is 3.17. The summed E-state index contributed by atoms with van der Waals surface area (Å²) < 4.78 is 27.3. The average Bonchev–Trinajstić information content (AvgIpc) is 2.32. The average molecular weight is 299 g/mol. The smallest absolute Gasteiger partial charge is 0.128 e. The Bertz CT molecular complexity index is 529. The number of nitrogens with zero attached hydrogens (tertiary/aromatic N) is 1. The summed E-state index contributed by atoms with van der Waals surface area (Å²) in [6.45, 7) is 0. The summed E-state index contributed by atoms with van der Waals surface area (Å²) in [7, 11) is 0. The minimum atomic E-state index is -0.779. The fraction of sp³-hybridized carbons (Fsp3) is 0.0833. The molecular weight excluding hydrogens is 290 g/mol. The third-order valence-electron chi connectivity index (χ3n) is 2.36. The summed E-state index contributed by atoms with van der Waals surface area (Å²) in [5.74, 6) is -1.06. The van der Waals surface area contributed by atoms with Crippen molar-refractivity contribution in [1.82, 2.24) is 4.98 Å². The van der Waals surface area contributed by atoms with Gasteiger partial charge in [-0.05, 0) is 46.3 Å². The van der Waals surface area contributed by atoms with Gasteiger partial charge in [-0.2, -0.15) is 0 Å². The maximum absolute atomic E-state index is 13.5. The maximum atomic E-state index is 13.5. The fourth-order valence-electron chi connectivity index (χ4n) is 1.48. The number of aromatic nitrogens is 1. The lowest BCUT2D eigenvalue weighted by molar-refractivity contribution is 0.574. The highest BCUT2D eigenvalue weighted by atomic mass is 79.9. The van der Waals surface area contributed by atoms with Crippen molar-refractivity contribution in [2.75, 3.05) is 0 Å². The van der Waals surface area contributed by atoms with Crippen molar-refractivity contribution in [2.24, 2.45) is 5.73 Å². The van der Waals surface area contributed by atoms with Gasteiger partial charge in [-0.25, -0.2) is 8.78 Å². The van der Waals surface area contributed by atoms with Gasteiger partial charge >= 0.3 is 0 Å². The Hall–Kier alpha value is -1.33. The van der Waals surface area contributed by atoms with Gasteiger partial charge in [-0.1, -0.05) is 0 Å². The summed E-state index contributed by atoms with van der Waals surface area (Å²) in [5, 5.41) is 0. The van der Waals surface area contributed by atoms with Crippen LogP contribution < -0.4 is 5.73 Å². The Morgan fingerprint density at radius 2 is 1.94 bits per heavy atom. The van der Waals surface area contributed by atoms with Crippen molar-refractivity contribution in [2.45, 2.75) is 6.04 Å². The molecule has 0 spiro atoms. The zero-order valence-corrected chi connectivity index (χ0v) is 10.3. The van der Waals surface area contributed by atoms with Gasteiger partial charge in [0.1, 0.15) is 11.6 Å². The topological polar surface area (TPSA) is 38.9 Å². The van der Waals surface area contributed by atoms with Crippen LogP contribution in [-0.4, -0.2) is 4.98 Å². The molecule has 2 N–H and O–H groups in total. The maximum Gasteiger partial charge on any atom is 0.128 e. The lowest BCUT2D eigenvalue weighted by Crippen LogP contribution is -2.15. The number of hydrogen-bond acceptors (Lipinski definition) is 2. The number of benzene rings is 1. The van der Waals surface area contributed by atoms with Crippen molar-refractivity contribution >= 4 is 15.9 Å². The van der Waals surface area contributed by atoms with Crippen molar-refractivity contribution in [1.29, 1.82) is 0 Å². The van der Waals surface area contributed by atoms with Crippen LogP contribution in [0.15, 0.2) is 41.0 Å². The van der Waals surface area contributed by atoms with Crippen molar-refractivity contribution in [3.05, 3.63) is 63.9 Å². The summed E-state index contributed by atoms with van der Waals surface area (Å²) in [5.41, 5.74) is 6.43. The molecule has 0 aliphatic heterocycles. The van der Waals surface area contributed by atoms with Crippen LogP contribution in [0, 0.1) is 11.6 Å². The molecule has 1 unspecified atom stereocenters. The molecule has 17 heavy (non-hydrogen) atoms. The van der Waals surface area contributed by atoms with Crippen LogP contribution in [0.25, 0.3) is 0 Å². The first kappa shape index (κ1) is 12.1. The molecular formula is C12H9BrF2N2. The van der Waals surface area contributed by atoms with Gasteiger partial charge in [0.05, 0.1) is 11.7 Å². The fourth-order valence-corrected chi connectivity index (χ4v) is 1.72. The largest absolute Gasteiger partial charge is 0.319 e. The molecule has 2 aromatic rings. The molecule has 0 saturated carbocycles. The highest BCUT2D eigenvalue weighted by Gasteiger charge is 2.15. The van der Waals surface area contributed by atoms with Crippen molar-refractivity contribution < 1.29 is 8.78 Å². The van der Waals surface area contributed by atoms with E-state index in [2.05, 4.69) is 20.9 Å². The summed E-state index contributed by atoms with van der Waals surface area (Å²) >= 11 is 3.24. The lowest BCUT2D eigenvalue weighted by atomic mass is 10.0. The number of rotatable bonds is 2. The summed E-state index contributed by atoms with van der Waals surface area (Å²) in [4.78, 5) is 4.06. The number of nitrogens with two attached hydrogens (primary N) is 1. The standard InChI is InChI=1S/C12H9BrF2N2/c13-7-1-4-11(17-6-7)12(16)9-5-8(14)2-3-10(9)15/h1-6,12H,16H2. The van der Waals surface area contributed by atoms with E-state index < -0.39 is 17.7 Å². The van der Waals surface area contributed by atoms with Crippen LogP contribution in [-0.2, 0) is 0 Å². The third-order valence-corrected chi connectivity index (χ3v) is 2.83. The summed E-state index contributed by atoms with van der Waals surface area (Å²) in [6.07, 6.45) is 1.56. The Labute approximate surface area is 106 Å². The Balaban J connectivity index is 2.39. The number of halogens is 3. The molecule has 2 nitrogen and oxygen atoms in total. The molecule has 0 aliphatic rings. The van der Waals surface area contributed by atoms with Crippen LogP contribution in [0.4, 0.5) is 8.78 Å². The molecule has 0 saturated heterocycles. The zero-order valence-electron chi connectivity index (χ0n) is 8.70. The molecule has 0 radical (unpaired) electrons. The molecule has 88 valence electrons. The molecule has 0 aliphatic carbocycles. The van der Waals surface area contributed by atoms with E-state index in [9.17, 15) is 8.78 Å². The van der Waals surface area contributed by atoms with Crippen molar-refractivity contribution in [3.8, 4) is 0 Å². The van der Waals surface area contributed by atoms with E-state index in [1.54, 1.807) is 18.3 Å². The van der Waals surface area contributed by atoms with Gasteiger partial charge in [0.2, 0.25) is 0 Å². The van der Waals surface area contributed by atoms with E-state index >= 15 is 0 Å². The SMILES string of the molecule is NC(c1ccc(Br)cn1)c1cc(F)ccc1F. The molecule has 0 fully saturated rings. The normalized spacial score (nSPS) is 12.5. The first-order chi connectivity index (χ1) is 8.08. The quantitative estimate of drug-likeness (QED) is 0.925. The monoisotopic (exact) mass is 298 g/mol. The minimum Gasteiger partial charge on any atom is -0.319 e. The zero-order chi connectivity index (χ0) is 12.4. The lowest BCUT2D eigenvalue weighted by Gasteiger charge is -2.12. The van der Waals surface area contributed by atoms with E-state index in [0.29, 0.717) is 5.69 Å².